The van der Waals surface area contributed by atoms with Crippen molar-refractivity contribution >= 4 is 33.4 Å². The Morgan fingerprint density at radius 3 is 2.89 bits per heavy atom. The zero-order chi connectivity index (χ0) is 19.8. The van der Waals surface area contributed by atoms with Crippen LogP contribution >= 0.6 is 11.3 Å². The number of nitrogens with zero attached hydrogens (tertiary/aromatic N) is 1. The van der Waals surface area contributed by atoms with Gasteiger partial charge in [0.1, 0.15) is 10.7 Å². The van der Waals surface area contributed by atoms with Crippen LogP contribution in [0.4, 0.5) is 0 Å². The molecular weight excluding hydrogens is 370 g/mol. The summed E-state index contributed by atoms with van der Waals surface area (Å²) < 4.78 is 0. The molecule has 2 aromatic rings. The number of hydrogen-bond acceptors (Lipinski definition) is 6. The molecule has 8 nitrogen and oxygen atoms in total. The van der Waals surface area contributed by atoms with Crippen molar-refractivity contribution in [3.8, 4) is 0 Å². The van der Waals surface area contributed by atoms with Gasteiger partial charge >= 0.3 is 5.97 Å². The fourth-order valence-electron chi connectivity index (χ4n) is 3.18. The van der Waals surface area contributed by atoms with Gasteiger partial charge in [-0.15, -0.1) is 11.3 Å². The number of carboxylic acids is 1. The molecule has 3 rings (SSSR count). The number of aromatic nitrogens is 2. The van der Waals surface area contributed by atoms with Gasteiger partial charge < -0.3 is 20.5 Å². The minimum Gasteiger partial charge on any atom is -0.479 e. The van der Waals surface area contributed by atoms with E-state index in [1.807, 2.05) is 0 Å². The molecule has 0 spiro atoms. The van der Waals surface area contributed by atoms with Gasteiger partial charge in [-0.3, -0.25) is 9.59 Å². The second-order valence-electron chi connectivity index (χ2n) is 7.40. The number of aliphatic hydroxyl groups is 1. The number of H-pyrrole nitrogens is 1. The number of aryl methyl sites for hydroxylation is 2. The van der Waals surface area contributed by atoms with E-state index in [1.165, 1.54) is 4.88 Å². The van der Waals surface area contributed by atoms with Crippen molar-refractivity contribution in [3.05, 3.63) is 26.6 Å². The zero-order valence-electron chi connectivity index (χ0n) is 15.3. The Balaban J connectivity index is 1.68. The molecule has 0 saturated heterocycles. The van der Waals surface area contributed by atoms with Crippen LogP contribution in [0, 0.1) is 5.92 Å². The van der Waals surface area contributed by atoms with Gasteiger partial charge in [0, 0.05) is 17.7 Å². The molecule has 4 N–H and O–H groups in total. The van der Waals surface area contributed by atoms with E-state index in [0.29, 0.717) is 22.0 Å². The summed E-state index contributed by atoms with van der Waals surface area (Å²) in [5.74, 6) is -0.788. The van der Waals surface area contributed by atoms with Crippen molar-refractivity contribution in [2.75, 3.05) is 6.54 Å². The van der Waals surface area contributed by atoms with Gasteiger partial charge in [-0.25, -0.2) is 9.78 Å². The first-order valence-corrected chi connectivity index (χ1v) is 9.75. The molecule has 0 aromatic carbocycles. The predicted molar refractivity (Wildman–Crippen MR) is 101 cm³/mol. The lowest BCUT2D eigenvalue weighted by Crippen LogP contribution is -2.46. The van der Waals surface area contributed by atoms with Crippen molar-refractivity contribution in [1.29, 1.82) is 0 Å². The third-order valence-electron chi connectivity index (χ3n) is 4.89. The van der Waals surface area contributed by atoms with Crippen molar-refractivity contribution in [2.24, 2.45) is 5.92 Å². The molecule has 0 radical (unpaired) electrons. The average molecular weight is 393 g/mol. The molecule has 1 aliphatic rings. The zero-order valence-corrected chi connectivity index (χ0v) is 16.1. The number of rotatable bonds is 6. The summed E-state index contributed by atoms with van der Waals surface area (Å²) in [5.41, 5.74) is -1.08. The number of carbonyl (C=O) groups excluding carboxylic acids is 1. The molecule has 2 heterocycles. The number of hydrogen-bond donors (Lipinski definition) is 4. The van der Waals surface area contributed by atoms with E-state index in [-0.39, 0.29) is 24.9 Å². The molecule has 0 saturated carbocycles. The number of nitrogens with one attached hydrogen (secondary N) is 2. The van der Waals surface area contributed by atoms with Crippen LogP contribution in [-0.2, 0) is 28.9 Å². The number of aliphatic carboxylic acids is 1. The van der Waals surface area contributed by atoms with Crippen LogP contribution in [0.25, 0.3) is 10.2 Å². The number of fused-ring (bicyclic) bond motifs is 3. The fourth-order valence-corrected chi connectivity index (χ4v) is 4.58. The standard InChI is InChI=1S/C18H23N3O5S/c1-9-3-4-10-11(7-9)27-16-14(10)15(23)20-12(21-16)5-6-13(22)19-8-18(2,26)17(24)25/h9,26H,3-8H2,1-2H3,(H,19,22)(H,24,25)(H,20,21,23). The van der Waals surface area contributed by atoms with Gasteiger partial charge in [0.25, 0.3) is 5.56 Å². The van der Waals surface area contributed by atoms with Crippen LogP contribution < -0.4 is 10.9 Å². The molecule has 9 heteroatoms. The van der Waals surface area contributed by atoms with Gasteiger partial charge in [0.15, 0.2) is 5.60 Å². The maximum atomic E-state index is 12.5. The van der Waals surface area contributed by atoms with Crippen LogP contribution in [-0.4, -0.2) is 44.2 Å². The number of carbonyl (C=O) groups is 2. The van der Waals surface area contributed by atoms with Crippen molar-refractivity contribution < 1.29 is 19.8 Å². The number of thiophene rings is 1. The molecular formula is C18H23N3O5S. The summed E-state index contributed by atoms with van der Waals surface area (Å²) in [5, 5.41) is 21.5. The number of aromatic amines is 1. The van der Waals surface area contributed by atoms with E-state index in [1.54, 1.807) is 11.3 Å². The molecule has 27 heavy (non-hydrogen) atoms. The number of carboxylic acid groups (broad SMARTS) is 1. The highest BCUT2D eigenvalue weighted by molar-refractivity contribution is 7.18. The van der Waals surface area contributed by atoms with E-state index in [4.69, 9.17) is 5.11 Å². The maximum absolute atomic E-state index is 12.5. The normalized spacial score (nSPS) is 18.7. The van der Waals surface area contributed by atoms with Gasteiger partial charge in [-0.2, -0.15) is 0 Å². The lowest BCUT2D eigenvalue weighted by Gasteiger charge is -2.18. The number of amides is 1. The first-order valence-electron chi connectivity index (χ1n) is 8.93. The summed E-state index contributed by atoms with van der Waals surface area (Å²) in [4.78, 5) is 44.4. The Kier molecular flexibility index (Phi) is 5.34. The first kappa shape index (κ1) is 19.5. The fraction of sp³-hybridized carbons (Fsp3) is 0.556. The third kappa shape index (κ3) is 4.19. The Hall–Kier alpha value is -2.26. The highest BCUT2D eigenvalue weighted by Crippen LogP contribution is 2.35. The Labute approximate surface area is 159 Å². The van der Waals surface area contributed by atoms with Crippen molar-refractivity contribution in [3.63, 3.8) is 0 Å². The van der Waals surface area contributed by atoms with Crippen LogP contribution in [0.5, 0.6) is 0 Å². The Morgan fingerprint density at radius 1 is 1.44 bits per heavy atom. The monoisotopic (exact) mass is 393 g/mol. The van der Waals surface area contributed by atoms with E-state index in [9.17, 15) is 19.5 Å². The Bertz CT molecular complexity index is 946. The van der Waals surface area contributed by atoms with Crippen LogP contribution in [0.15, 0.2) is 4.79 Å². The second-order valence-corrected chi connectivity index (χ2v) is 8.48. The van der Waals surface area contributed by atoms with E-state index in [2.05, 4.69) is 22.2 Å². The molecule has 2 unspecified atom stereocenters. The molecule has 0 aliphatic heterocycles. The van der Waals surface area contributed by atoms with Gasteiger partial charge in [0.05, 0.1) is 11.9 Å². The topological polar surface area (TPSA) is 132 Å². The van der Waals surface area contributed by atoms with E-state index >= 15 is 0 Å². The summed E-state index contributed by atoms with van der Waals surface area (Å²) in [6.45, 7) is 2.93. The SMILES string of the molecule is CC1CCc2c(sc3nc(CCC(=O)NCC(C)(O)C(=O)O)[nH]c(=O)c23)C1. The lowest BCUT2D eigenvalue weighted by molar-refractivity contribution is -0.156. The van der Waals surface area contributed by atoms with Gasteiger partial charge in [0.2, 0.25) is 5.91 Å². The highest BCUT2D eigenvalue weighted by atomic mass is 32.1. The summed E-state index contributed by atoms with van der Waals surface area (Å²) in [7, 11) is 0. The second kappa shape index (κ2) is 7.40. The highest BCUT2D eigenvalue weighted by Gasteiger charge is 2.30. The Morgan fingerprint density at radius 2 is 2.19 bits per heavy atom. The van der Waals surface area contributed by atoms with Crippen molar-refractivity contribution in [2.45, 2.75) is 51.6 Å². The maximum Gasteiger partial charge on any atom is 0.337 e. The van der Waals surface area contributed by atoms with Crippen LogP contribution in [0.2, 0.25) is 0 Å². The molecule has 0 bridgehead atoms. The van der Waals surface area contributed by atoms with Gasteiger partial charge in [-0.1, -0.05) is 6.92 Å². The summed E-state index contributed by atoms with van der Waals surface area (Å²) >= 11 is 1.55. The van der Waals surface area contributed by atoms with E-state index < -0.39 is 17.5 Å². The van der Waals surface area contributed by atoms with Crippen LogP contribution in [0.3, 0.4) is 0 Å². The van der Waals surface area contributed by atoms with Crippen molar-refractivity contribution in [1.82, 2.24) is 15.3 Å². The summed E-state index contributed by atoms with van der Waals surface area (Å²) in [6, 6.07) is 0. The molecule has 0 fully saturated rings. The largest absolute Gasteiger partial charge is 0.479 e. The molecule has 146 valence electrons. The quantitative estimate of drug-likeness (QED) is 0.579. The molecule has 1 amide bonds. The molecule has 2 aromatic heterocycles. The van der Waals surface area contributed by atoms with Gasteiger partial charge in [-0.05, 0) is 37.7 Å². The van der Waals surface area contributed by atoms with Crippen LogP contribution in [0.1, 0.15) is 43.0 Å². The first-order chi connectivity index (χ1) is 12.7. The average Bonchev–Trinajstić information content (AvgIpc) is 2.95. The molecule has 1 aliphatic carbocycles. The molecule has 2 atom stereocenters. The summed E-state index contributed by atoms with van der Waals surface area (Å²) in [6.07, 6.45) is 3.20. The minimum absolute atomic E-state index is 0.0340. The predicted octanol–water partition coefficient (Wildman–Crippen LogP) is 0.994. The third-order valence-corrected chi connectivity index (χ3v) is 6.04. The smallest absolute Gasteiger partial charge is 0.337 e. The minimum atomic E-state index is -2.02. The lowest BCUT2D eigenvalue weighted by atomic mass is 9.89. The van der Waals surface area contributed by atoms with E-state index in [0.717, 1.165) is 31.7 Å².